The summed E-state index contributed by atoms with van der Waals surface area (Å²) in [6.07, 6.45) is 0.0332. The molecule has 20 heavy (non-hydrogen) atoms. The first kappa shape index (κ1) is 16.0. The van der Waals surface area contributed by atoms with E-state index in [9.17, 15) is 14.7 Å². The minimum absolute atomic E-state index is 0.132. The van der Waals surface area contributed by atoms with Gasteiger partial charge in [0, 0.05) is 7.05 Å². The van der Waals surface area contributed by atoms with Gasteiger partial charge in [-0.25, -0.2) is 9.59 Å². The molecular weight excluding hydrogens is 258 g/mol. The lowest BCUT2D eigenvalue weighted by atomic mass is 9.91. The topological polar surface area (TPSA) is 66.8 Å². The largest absolute Gasteiger partial charge is 0.479 e. The number of hydrogen-bond acceptors (Lipinski definition) is 3. The first-order valence-corrected chi connectivity index (χ1v) is 6.65. The van der Waals surface area contributed by atoms with Gasteiger partial charge < -0.3 is 9.84 Å². The van der Waals surface area contributed by atoms with E-state index < -0.39 is 17.6 Å². The zero-order chi connectivity index (χ0) is 15.2. The molecule has 5 heteroatoms. The predicted octanol–water partition coefficient (Wildman–Crippen LogP) is 2.90. The van der Waals surface area contributed by atoms with Crippen LogP contribution in [0.1, 0.15) is 32.3 Å². The molecule has 0 aliphatic rings. The number of amides is 1. The van der Waals surface area contributed by atoms with Gasteiger partial charge in [-0.1, -0.05) is 44.2 Å². The fourth-order valence-corrected chi connectivity index (χ4v) is 2.16. The number of hydrogen-bond donors (Lipinski definition) is 1. The SMILES string of the molecule is CCC(CC)(C(=O)O)N(C)C(=O)OCc1ccccc1. The van der Waals surface area contributed by atoms with Crippen LogP contribution < -0.4 is 0 Å². The van der Waals surface area contributed by atoms with Crippen LogP contribution in [0.5, 0.6) is 0 Å². The molecule has 1 N–H and O–H groups in total. The van der Waals surface area contributed by atoms with Gasteiger partial charge in [0.25, 0.3) is 0 Å². The van der Waals surface area contributed by atoms with E-state index in [1.165, 1.54) is 11.9 Å². The molecule has 1 aromatic rings. The Morgan fingerprint density at radius 2 is 1.75 bits per heavy atom. The Hall–Kier alpha value is -2.04. The maximum Gasteiger partial charge on any atom is 0.410 e. The van der Waals surface area contributed by atoms with Gasteiger partial charge in [-0.15, -0.1) is 0 Å². The average molecular weight is 279 g/mol. The van der Waals surface area contributed by atoms with Gasteiger partial charge in [-0.05, 0) is 18.4 Å². The van der Waals surface area contributed by atoms with Gasteiger partial charge in [0.1, 0.15) is 12.1 Å². The Labute approximate surface area is 119 Å². The van der Waals surface area contributed by atoms with Crippen LogP contribution in [0, 0.1) is 0 Å². The number of nitrogens with zero attached hydrogens (tertiary/aromatic N) is 1. The fraction of sp³-hybridized carbons (Fsp3) is 0.467. The molecule has 1 rings (SSSR count). The number of rotatable bonds is 6. The van der Waals surface area contributed by atoms with Crippen LogP contribution >= 0.6 is 0 Å². The summed E-state index contributed by atoms with van der Waals surface area (Å²) in [7, 11) is 1.47. The molecule has 0 saturated carbocycles. The van der Waals surface area contributed by atoms with Crippen molar-refractivity contribution >= 4 is 12.1 Å². The Morgan fingerprint density at radius 1 is 1.20 bits per heavy atom. The number of carbonyl (C=O) groups excluding carboxylic acids is 1. The van der Waals surface area contributed by atoms with Crippen LogP contribution in [0.3, 0.4) is 0 Å². The van der Waals surface area contributed by atoms with Crippen LogP contribution in [0.25, 0.3) is 0 Å². The summed E-state index contributed by atoms with van der Waals surface area (Å²) in [6.45, 7) is 3.63. The van der Waals surface area contributed by atoms with Crippen molar-refractivity contribution in [3.8, 4) is 0 Å². The Morgan fingerprint density at radius 3 is 2.20 bits per heavy atom. The van der Waals surface area contributed by atoms with E-state index in [4.69, 9.17) is 4.74 Å². The summed E-state index contributed by atoms with van der Waals surface area (Å²) in [5.41, 5.74) is -0.350. The lowest BCUT2D eigenvalue weighted by Gasteiger charge is -2.35. The van der Waals surface area contributed by atoms with Gasteiger partial charge in [-0.3, -0.25) is 4.90 Å². The predicted molar refractivity (Wildman–Crippen MR) is 75.3 cm³/mol. The minimum Gasteiger partial charge on any atom is -0.479 e. The first-order valence-electron chi connectivity index (χ1n) is 6.65. The van der Waals surface area contributed by atoms with Gasteiger partial charge in [0.05, 0.1) is 0 Å². The summed E-state index contributed by atoms with van der Waals surface area (Å²) in [5.74, 6) is -1.01. The monoisotopic (exact) mass is 279 g/mol. The molecule has 0 aromatic heterocycles. The molecule has 0 unspecified atom stereocenters. The van der Waals surface area contributed by atoms with Crippen LogP contribution in [-0.4, -0.2) is 34.7 Å². The lowest BCUT2D eigenvalue weighted by Crippen LogP contribution is -2.54. The van der Waals surface area contributed by atoms with Crippen molar-refractivity contribution in [3.05, 3.63) is 35.9 Å². The Kier molecular flexibility index (Phi) is 5.55. The van der Waals surface area contributed by atoms with Crippen molar-refractivity contribution in [2.45, 2.75) is 38.8 Å². The van der Waals surface area contributed by atoms with Crippen molar-refractivity contribution in [1.82, 2.24) is 4.90 Å². The van der Waals surface area contributed by atoms with Gasteiger partial charge in [0.15, 0.2) is 0 Å². The zero-order valence-electron chi connectivity index (χ0n) is 12.1. The van der Waals surface area contributed by atoms with Gasteiger partial charge in [-0.2, -0.15) is 0 Å². The molecule has 0 aliphatic carbocycles. The molecular formula is C15H21NO4. The number of aliphatic carboxylic acids is 1. The van der Waals surface area contributed by atoms with Crippen LogP contribution in [0.15, 0.2) is 30.3 Å². The molecule has 1 aromatic carbocycles. The van der Waals surface area contributed by atoms with E-state index in [2.05, 4.69) is 0 Å². The van der Waals surface area contributed by atoms with E-state index in [0.29, 0.717) is 12.8 Å². The molecule has 0 atom stereocenters. The highest BCUT2D eigenvalue weighted by molar-refractivity contribution is 5.84. The number of carboxylic acid groups (broad SMARTS) is 1. The zero-order valence-corrected chi connectivity index (χ0v) is 12.1. The summed E-state index contributed by atoms with van der Waals surface area (Å²) in [5, 5.41) is 9.38. The normalized spacial score (nSPS) is 10.9. The average Bonchev–Trinajstić information content (AvgIpc) is 2.47. The molecule has 0 bridgehead atoms. The highest BCUT2D eigenvalue weighted by Gasteiger charge is 2.42. The van der Waals surface area contributed by atoms with Crippen molar-refractivity contribution in [2.75, 3.05) is 7.05 Å². The van der Waals surface area contributed by atoms with Crippen LogP contribution in [0.4, 0.5) is 4.79 Å². The second-order valence-electron chi connectivity index (χ2n) is 4.64. The molecule has 0 radical (unpaired) electrons. The maximum atomic E-state index is 12.0. The van der Waals surface area contributed by atoms with E-state index in [0.717, 1.165) is 5.56 Å². The number of benzene rings is 1. The van der Waals surface area contributed by atoms with Crippen molar-refractivity contribution in [1.29, 1.82) is 0 Å². The molecule has 1 amide bonds. The molecule has 0 aliphatic heterocycles. The third-order valence-electron chi connectivity index (χ3n) is 3.69. The van der Waals surface area contributed by atoms with Gasteiger partial charge in [0.2, 0.25) is 0 Å². The van der Waals surface area contributed by atoms with E-state index in [1.54, 1.807) is 13.8 Å². The summed E-state index contributed by atoms with van der Waals surface area (Å²) >= 11 is 0. The summed E-state index contributed by atoms with van der Waals surface area (Å²) in [4.78, 5) is 24.7. The van der Waals surface area contributed by atoms with Crippen molar-refractivity contribution < 1.29 is 19.4 Å². The Bertz CT molecular complexity index is 454. The molecule has 110 valence electrons. The van der Waals surface area contributed by atoms with E-state index in [1.807, 2.05) is 30.3 Å². The van der Waals surface area contributed by atoms with E-state index in [-0.39, 0.29) is 6.61 Å². The second kappa shape index (κ2) is 6.93. The number of ether oxygens (including phenoxy) is 1. The minimum atomic E-state index is -1.21. The van der Waals surface area contributed by atoms with Crippen LogP contribution in [0.2, 0.25) is 0 Å². The lowest BCUT2D eigenvalue weighted by molar-refractivity contribution is -0.150. The standard InChI is InChI=1S/C15H21NO4/c1-4-15(5-2,13(17)18)16(3)14(19)20-11-12-9-7-6-8-10-12/h6-10H,4-5,11H2,1-3H3,(H,17,18). The van der Waals surface area contributed by atoms with Crippen molar-refractivity contribution in [3.63, 3.8) is 0 Å². The quantitative estimate of drug-likeness (QED) is 0.869. The molecule has 0 spiro atoms. The maximum absolute atomic E-state index is 12.0. The number of carbonyl (C=O) groups is 2. The van der Waals surface area contributed by atoms with Crippen molar-refractivity contribution in [2.24, 2.45) is 0 Å². The number of carboxylic acids is 1. The molecule has 0 heterocycles. The molecule has 5 nitrogen and oxygen atoms in total. The van der Waals surface area contributed by atoms with Gasteiger partial charge >= 0.3 is 12.1 Å². The highest BCUT2D eigenvalue weighted by atomic mass is 16.6. The third kappa shape index (κ3) is 3.29. The van der Waals surface area contributed by atoms with Crippen LogP contribution in [-0.2, 0) is 16.1 Å². The smallest absolute Gasteiger partial charge is 0.410 e. The Balaban J connectivity index is 2.73. The second-order valence-corrected chi connectivity index (χ2v) is 4.64. The molecule has 0 saturated heterocycles. The fourth-order valence-electron chi connectivity index (χ4n) is 2.16. The summed E-state index contributed by atoms with van der Waals surface area (Å²) in [6, 6.07) is 9.27. The first-order chi connectivity index (χ1) is 9.47. The molecule has 0 fully saturated rings. The number of likely N-dealkylation sites (N-methyl/N-ethyl adjacent to an activating group) is 1. The highest BCUT2D eigenvalue weighted by Crippen LogP contribution is 2.24. The summed E-state index contributed by atoms with van der Waals surface area (Å²) < 4.78 is 5.17. The van der Waals surface area contributed by atoms with E-state index >= 15 is 0 Å². The third-order valence-corrected chi connectivity index (χ3v) is 3.69.